The lowest BCUT2D eigenvalue weighted by Crippen LogP contribution is -2.34. The predicted octanol–water partition coefficient (Wildman–Crippen LogP) is 3.59. The van der Waals surface area contributed by atoms with E-state index in [1.807, 2.05) is 23.6 Å². The van der Waals surface area contributed by atoms with E-state index in [9.17, 15) is 14.7 Å². The highest BCUT2D eigenvalue weighted by Crippen LogP contribution is 2.40. The third-order valence-electron chi connectivity index (χ3n) is 6.01. The number of benzene rings is 1. The van der Waals surface area contributed by atoms with E-state index < -0.39 is 24.1 Å². The van der Waals surface area contributed by atoms with E-state index in [1.54, 1.807) is 23.5 Å². The molecule has 2 aromatic heterocycles. The van der Waals surface area contributed by atoms with Crippen LogP contribution in [0.15, 0.2) is 29.3 Å². The molecule has 0 bridgehead atoms. The number of thiophene rings is 1. The Kier molecular flexibility index (Phi) is 5.85. The first-order valence-corrected chi connectivity index (χ1v) is 12.0. The number of carbonyl (C=O) groups excluding carboxylic acids is 2. The Morgan fingerprint density at radius 2 is 1.82 bits per heavy atom. The molecule has 2 amide bonds. The number of rotatable bonds is 5. The van der Waals surface area contributed by atoms with Crippen LogP contribution in [0.3, 0.4) is 0 Å². The zero-order valence-corrected chi connectivity index (χ0v) is 20.4. The number of imide groups is 1. The van der Waals surface area contributed by atoms with E-state index in [-0.39, 0.29) is 19.3 Å². The molecule has 34 heavy (non-hydrogen) atoms. The van der Waals surface area contributed by atoms with E-state index in [0.29, 0.717) is 21.7 Å². The minimum Gasteiger partial charge on any atom is -0.366 e. The second kappa shape index (κ2) is 8.70. The van der Waals surface area contributed by atoms with Gasteiger partial charge in [0.1, 0.15) is 16.9 Å². The molecule has 3 aromatic rings. The number of aromatic nitrogens is 3. The summed E-state index contributed by atoms with van der Waals surface area (Å²) in [6, 6.07) is 6.78. The Labute approximate surface area is 204 Å². The second-order valence-corrected chi connectivity index (χ2v) is 9.92. The minimum atomic E-state index is -1.45. The normalized spacial score (nSPS) is 18.6. The van der Waals surface area contributed by atoms with Crippen LogP contribution in [0.2, 0.25) is 5.02 Å². The highest BCUT2D eigenvalue weighted by molar-refractivity contribution is 7.15. The lowest BCUT2D eigenvalue weighted by atomic mass is 9.99. The highest BCUT2D eigenvalue weighted by Gasteiger charge is 2.36. The summed E-state index contributed by atoms with van der Waals surface area (Å²) in [6.07, 6.45) is -1.34. The molecule has 1 saturated heterocycles. The molecular weight excluding hydrogens is 478 g/mol. The fraction of sp³-hybridized carbons (Fsp3) is 0.348. The van der Waals surface area contributed by atoms with Crippen molar-refractivity contribution >= 4 is 40.5 Å². The number of carbonyl (C=O) groups is 2. The monoisotopic (exact) mass is 499 g/mol. The number of hydrogen-bond acceptors (Lipinski definition) is 8. The number of nitrogens with zero attached hydrogens (tertiary/aromatic N) is 5. The first-order chi connectivity index (χ1) is 16.2. The van der Waals surface area contributed by atoms with Gasteiger partial charge in [-0.15, -0.1) is 21.5 Å². The number of fused-ring (bicyclic) bond motifs is 3. The molecule has 2 aliphatic rings. The van der Waals surface area contributed by atoms with Gasteiger partial charge in [0.15, 0.2) is 12.1 Å². The molecule has 9 nitrogen and oxygen atoms in total. The van der Waals surface area contributed by atoms with Crippen molar-refractivity contribution in [1.29, 1.82) is 0 Å². The Morgan fingerprint density at radius 1 is 1.15 bits per heavy atom. The molecular formula is C23H22ClN5O4S. The van der Waals surface area contributed by atoms with Crippen LogP contribution in [0.25, 0.3) is 5.00 Å². The molecule has 0 radical (unpaired) electrons. The molecule has 176 valence electrons. The maximum atomic E-state index is 11.9. The maximum Gasteiger partial charge on any atom is 0.254 e. The van der Waals surface area contributed by atoms with Crippen LogP contribution in [0.1, 0.15) is 58.5 Å². The average Bonchev–Trinajstić information content (AvgIpc) is 3.40. The van der Waals surface area contributed by atoms with Gasteiger partial charge in [0.05, 0.1) is 5.71 Å². The molecule has 11 heteroatoms. The largest absolute Gasteiger partial charge is 0.366 e. The second-order valence-electron chi connectivity index (χ2n) is 8.28. The van der Waals surface area contributed by atoms with Crippen molar-refractivity contribution in [1.82, 2.24) is 19.8 Å². The van der Waals surface area contributed by atoms with Gasteiger partial charge in [-0.2, -0.15) is 5.06 Å². The third kappa shape index (κ3) is 3.86. The van der Waals surface area contributed by atoms with Crippen molar-refractivity contribution in [3.63, 3.8) is 0 Å². The third-order valence-corrected chi connectivity index (χ3v) is 7.46. The SMILES string of the molecule is Cc1sc2c(c1C)C(c1ccc(Cl)cc1)=N[C@@H](CC(O)ON1C(=O)CCC1=O)c1nnc(C)n1-2. The smallest absolute Gasteiger partial charge is 0.254 e. The summed E-state index contributed by atoms with van der Waals surface area (Å²) >= 11 is 7.75. The van der Waals surface area contributed by atoms with E-state index in [2.05, 4.69) is 24.0 Å². The van der Waals surface area contributed by atoms with Crippen molar-refractivity contribution in [3.05, 3.63) is 62.5 Å². The molecule has 2 atom stereocenters. The number of aliphatic hydroxyl groups excluding tert-OH is 1. The van der Waals surface area contributed by atoms with Crippen LogP contribution in [0.4, 0.5) is 0 Å². The van der Waals surface area contributed by atoms with Gasteiger partial charge in [0, 0.05) is 40.3 Å². The first kappa shape index (κ1) is 22.9. The average molecular weight is 500 g/mol. The highest BCUT2D eigenvalue weighted by atomic mass is 35.5. The summed E-state index contributed by atoms with van der Waals surface area (Å²) in [5.74, 6) is 0.297. The van der Waals surface area contributed by atoms with E-state index >= 15 is 0 Å². The zero-order valence-electron chi connectivity index (χ0n) is 18.8. The predicted molar refractivity (Wildman–Crippen MR) is 126 cm³/mol. The number of amides is 2. The topological polar surface area (TPSA) is 110 Å². The summed E-state index contributed by atoms with van der Waals surface area (Å²) in [4.78, 5) is 35.3. The Balaban J connectivity index is 1.60. The fourth-order valence-electron chi connectivity index (χ4n) is 4.18. The summed E-state index contributed by atoms with van der Waals surface area (Å²) in [6.45, 7) is 5.98. The molecule has 2 aliphatic heterocycles. The molecule has 4 heterocycles. The number of hydrogen-bond donors (Lipinski definition) is 1. The first-order valence-electron chi connectivity index (χ1n) is 10.8. The van der Waals surface area contributed by atoms with Crippen LogP contribution in [-0.2, 0) is 14.4 Å². The molecule has 0 spiro atoms. The van der Waals surface area contributed by atoms with Gasteiger partial charge in [-0.05, 0) is 38.5 Å². The van der Waals surface area contributed by atoms with Gasteiger partial charge in [0.25, 0.3) is 11.8 Å². The van der Waals surface area contributed by atoms with Crippen molar-refractivity contribution in [2.24, 2.45) is 4.99 Å². The van der Waals surface area contributed by atoms with Crippen molar-refractivity contribution in [2.75, 3.05) is 0 Å². The van der Waals surface area contributed by atoms with Crippen molar-refractivity contribution in [3.8, 4) is 5.00 Å². The Bertz CT molecular complexity index is 1310. The summed E-state index contributed by atoms with van der Waals surface area (Å²) in [5.41, 5.74) is 3.67. The van der Waals surface area contributed by atoms with Crippen LogP contribution in [0, 0.1) is 20.8 Å². The number of hydroxylamine groups is 2. The maximum absolute atomic E-state index is 11.9. The van der Waals surface area contributed by atoms with Crippen LogP contribution >= 0.6 is 22.9 Å². The van der Waals surface area contributed by atoms with Gasteiger partial charge in [-0.25, -0.2) is 4.84 Å². The number of aryl methyl sites for hydroxylation is 2. The van der Waals surface area contributed by atoms with Gasteiger partial charge < -0.3 is 5.11 Å². The van der Waals surface area contributed by atoms with Gasteiger partial charge in [-0.1, -0.05) is 23.7 Å². The molecule has 1 aromatic carbocycles. The number of halogens is 1. The quantitative estimate of drug-likeness (QED) is 0.424. The summed E-state index contributed by atoms with van der Waals surface area (Å²) < 4.78 is 1.95. The number of aliphatic hydroxyl groups is 1. The fourth-order valence-corrected chi connectivity index (χ4v) is 5.52. The molecule has 0 aliphatic carbocycles. The Morgan fingerprint density at radius 3 is 2.50 bits per heavy atom. The summed E-state index contributed by atoms with van der Waals surface area (Å²) in [7, 11) is 0. The van der Waals surface area contributed by atoms with E-state index in [4.69, 9.17) is 21.4 Å². The number of aliphatic imine (C=N–C) groups is 1. The zero-order chi connectivity index (χ0) is 24.1. The van der Waals surface area contributed by atoms with Crippen LogP contribution in [-0.4, -0.2) is 48.8 Å². The lowest BCUT2D eigenvalue weighted by molar-refractivity contribution is -0.246. The standard InChI is InChI=1S/C23H22ClN5O4S/c1-11-12(2)34-23-20(11)21(14-4-6-15(24)7-5-14)25-16(22-27-26-13(3)28(22)23)10-19(32)33-29-17(30)8-9-18(29)31/h4-7,16,19,32H,8-10H2,1-3H3/t16-,19?/m0/s1. The van der Waals surface area contributed by atoms with Crippen molar-refractivity contribution in [2.45, 2.75) is 52.4 Å². The van der Waals surface area contributed by atoms with Gasteiger partial charge in [0.2, 0.25) is 0 Å². The van der Waals surface area contributed by atoms with Crippen LogP contribution < -0.4 is 0 Å². The molecule has 1 unspecified atom stereocenters. The lowest BCUT2D eigenvalue weighted by Gasteiger charge is -2.20. The molecule has 1 fully saturated rings. The summed E-state index contributed by atoms with van der Waals surface area (Å²) in [5, 5.41) is 21.5. The van der Waals surface area contributed by atoms with Gasteiger partial charge in [-0.3, -0.25) is 19.1 Å². The van der Waals surface area contributed by atoms with E-state index in [0.717, 1.165) is 32.3 Å². The Hall–Kier alpha value is -2.92. The minimum absolute atomic E-state index is 0.0285. The molecule has 1 N–H and O–H groups in total. The van der Waals surface area contributed by atoms with Crippen LogP contribution in [0.5, 0.6) is 0 Å². The van der Waals surface area contributed by atoms with Gasteiger partial charge >= 0.3 is 0 Å². The van der Waals surface area contributed by atoms with E-state index in [1.165, 1.54) is 0 Å². The molecule has 0 saturated carbocycles. The molecule has 5 rings (SSSR count). The van der Waals surface area contributed by atoms with Crippen molar-refractivity contribution < 1.29 is 19.5 Å².